The molecule has 0 aromatic heterocycles. The number of carbonyl (C=O) groups excluding carboxylic acids is 4. The van der Waals surface area contributed by atoms with Gasteiger partial charge in [0.25, 0.3) is 0 Å². The number of carbonyl (C=O) groups is 4. The van der Waals surface area contributed by atoms with Crippen molar-refractivity contribution in [3.8, 4) is 0 Å². The predicted molar refractivity (Wildman–Crippen MR) is 399 cm³/mol. The highest BCUT2D eigenvalue weighted by Gasteiger charge is 2.30. The van der Waals surface area contributed by atoms with E-state index in [0.717, 1.165) is 128 Å². The van der Waals surface area contributed by atoms with Crippen molar-refractivity contribution in [1.29, 1.82) is 0 Å². The fourth-order valence-electron chi connectivity index (χ4n) is 10.2. The first kappa shape index (κ1) is 94.0. The third-order valence-electron chi connectivity index (χ3n) is 16.0. The third-order valence-corrected chi connectivity index (χ3v) is 17.9. The van der Waals surface area contributed by atoms with Crippen LogP contribution in [0.25, 0.3) is 0 Å². The molecule has 17 nitrogen and oxygen atoms in total. The number of ether oxygens (including phenoxy) is 4. The van der Waals surface area contributed by atoms with Crippen LogP contribution in [0.15, 0.2) is 97.2 Å². The minimum absolute atomic E-state index is 0.0316. The minimum atomic E-state index is -4.99. The monoisotopic (exact) mass is 1420 g/mol. The van der Waals surface area contributed by atoms with Crippen molar-refractivity contribution >= 4 is 39.5 Å². The Kier molecular flexibility index (Phi) is 68.4. The lowest BCUT2D eigenvalue weighted by Gasteiger charge is -2.21. The molecule has 0 aromatic carbocycles. The molecule has 0 saturated carbocycles. The summed E-state index contributed by atoms with van der Waals surface area (Å²) in [7, 11) is -9.97. The number of phosphoric acid groups is 2. The van der Waals surface area contributed by atoms with Gasteiger partial charge in [-0.05, 0) is 116 Å². The molecule has 0 rings (SSSR count). The number of aliphatic hydroxyl groups excluding tert-OH is 1. The van der Waals surface area contributed by atoms with E-state index in [2.05, 4.69) is 107 Å². The van der Waals surface area contributed by atoms with Crippen molar-refractivity contribution in [3.63, 3.8) is 0 Å². The van der Waals surface area contributed by atoms with Crippen LogP contribution in [0, 0.1) is 0 Å². The molecule has 0 bridgehead atoms. The van der Waals surface area contributed by atoms with Crippen LogP contribution in [0.4, 0.5) is 0 Å². The molecule has 0 heterocycles. The highest BCUT2D eigenvalue weighted by Crippen LogP contribution is 2.45. The van der Waals surface area contributed by atoms with Crippen molar-refractivity contribution in [1.82, 2.24) is 0 Å². The van der Waals surface area contributed by atoms with E-state index in [1.807, 2.05) is 18.2 Å². The summed E-state index contributed by atoms with van der Waals surface area (Å²) < 4.78 is 68.4. The predicted octanol–water partition coefficient (Wildman–Crippen LogP) is 22.0. The van der Waals surface area contributed by atoms with Crippen molar-refractivity contribution in [3.05, 3.63) is 97.2 Å². The lowest BCUT2D eigenvalue weighted by molar-refractivity contribution is -0.161. The van der Waals surface area contributed by atoms with Crippen LogP contribution >= 0.6 is 15.6 Å². The Balaban J connectivity index is 5.41. The van der Waals surface area contributed by atoms with E-state index in [4.69, 9.17) is 37.0 Å². The standard InChI is InChI=1S/C79H138O17P2/c1-5-9-13-17-21-25-29-33-34-35-36-37-38-42-46-50-54-58-62-66-79(84)96-75(70-90-77(82)64-60-56-52-48-44-40-31-27-23-19-15-11-7-3)72-94-98(87,88)92-68-73(80)67-91-97(85,86)93-71-74(95-78(83)65-61-57-53-49-45-41-32-28-24-20-16-12-8-4)69-89-76(81)63-59-55-51-47-43-39-30-26-22-18-14-10-6-2/h9,13,21,25,27-28,31-34,36-37,42,46,54,58,73-75,80H,5-8,10-12,14-20,22-24,26,29-30,35,38-41,43-45,47-53,55-57,59-72H2,1-4H3,(H,85,86)(H,87,88)/b13-9-,25-21-,31-27-,32-28-,34-33-,37-36-,46-42-,58-54-/t73-,74+,75+/m0/s1. The van der Waals surface area contributed by atoms with Crippen LogP contribution in [0.5, 0.6) is 0 Å². The zero-order valence-corrected chi connectivity index (χ0v) is 63.5. The number of aliphatic hydroxyl groups is 1. The first-order chi connectivity index (χ1) is 47.7. The highest BCUT2D eigenvalue weighted by atomic mass is 31.2. The average molecular weight is 1420 g/mol. The molecule has 2 unspecified atom stereocenters. The molecule has 0 radical (unpaired) electrons. The van der Waals surface area contributed by atoms with Crippen molar-refractivity contribution in [2.45, 2.75) is 341 Å². The molecule has 5 atom stereocenters. The Morgan fingerprint density at radius 3 is 0.888 bits per heavy atom. The maximum atomic E-state index is 13.1. The van der Waals surface area contributed by atoms with Crippen LogP contribution in [-0.4, -0.2) is 96.7 Å². The lowest BCUT2D eigenvalue weighted by atomic mass is 10.0. The van der Waals surface area contributed by atoms with E-state index in [0.29, 0.717) is 32.1 Å². The maximum Gasteiger partial charge on any atom is 0.472 e. The summed E-state index contributed by atoms with van der Waals surface area (Å²) in [6, 6.07) is 0. The number of allylic oxidation sites excluding steroid dienone is 16. The summed E-state index contributed by atoms with van der Waals surface area (Å²) in [6.45, 7) is 4.65. The smallest absolute Gasteiger partial charge is 0.462 e. The first-order valence-electron chi connectivity index (χ1n) is 38.5. The molecule has 0 aliphatic heterocycles. The number of phosphoric ester groups is 2. The second kappa shape index (κ2) is 71.4. The third kappa shape index (κ3) is 70.4. The number of esters is 4. The summed E-state index contributed by atoms with van der Waals surface area (Å²) in [5, 5.41) is 10.6. The van der Waals surface area contributed by atoms with Crippen molar-refractivity contribution in [2.75, 3.05) is 39.6 Å². The Morgan fingerprint density at radius 2 is 0.551 bits per heavy atom. The normalized spacial score (nSPS) is 14.5. The van der Waals surface area contributed by atoms with Crippen LogP contribution in [-0.2, 0) is 65.4 Å². The van der Waals surface area contributed by atoms with Crippen molar-refractivity contribution in [2.24, 2.45) is 0 Å². The number of rotatable bonds is 72. The van der Waals surface area contributed by atoms with Gasteiger partial charge in [-0.2, -0.15) is 0 Å². The van der Waals surface area contributed by atoms with Crippen LogP contribution in [0.1, 0.15) is 323 Å². The zero-order valence-electron chi connectivity index (χ0n) is 61.7. The SMILES string of the molecule is CC/C=C\C/C=C\C/C=C\C/C=C\C/C=C\C/C=C\CCC(=O)O[C@H](COC(=O)CCCCCCC/C=C\CCCCCC)COP(=O)(O)OC[C@@H](O)COP(=O)(O)OC[C@@H](COC(=O)CCCCCCCCCCCCCCC)OC(=O)CCCCCCC/C=C\CCCCCC. The van der Waals surface area contributed by atoms with E-state index < -0.39 is 97.5 Å². The molecule has 0 aromatic rings. The summed E-state index contributed by atoms with van der Waals surface area (Å²) in [5.74, 6) is -2.28. The van der Waals surface area contributed by atoms with Crippen molar-refractivity contribution < 1.29 is 80.2 Å². The van der Waals surface area contributed by atoms with E-state index in [-0.39, 0.29) is 25.7 Å². The van der Waals surface area contributed by atoms with Gasteiger partial charge in [0.05, 0.1) is 26.4 Å². The summed E-state index contributed by atoms with van der Waals surface area (Å²) in [4.78, 5) is 72.8. The van der Waals surface area contributed by atoms with Gasteiger partial charge in [-0.25, -0.2) is 9.13 Å². The van der Waals surface area contributed by atoms with E-state index >= 15 is 0 Å². The number of hydrogen-bond acceptors (Lipinski definition) is 15. The number of hydrogen-bond donors (Lipinski definition) is 3. The minimum Gasteiger partial charge on any atom is -0.462 e. The molecule has 19 heteroatoms. The van der Waals surface area contributed by atoms with E-state index in [9.17, 15) is 43.2 Å². The number of unbranched alkanes of at least 4 members (excludes halogenated alkanes) is 30. The molecule has 0 fully saturated rings. The molecule has 0 aliphatic rings. The second-order valence-corrected chi connectivity index (χ2v) is 28.5. The fourth-order valence-corrected chi connectivity index (χ4v) is 11.8. The van der Waals surface area contributed by atoms with Gasteiger partial charge in [0, 0.05) is 25.7 Å². The van der Waals surface area contributed by atoms with Gasteiger partial charge in [0.15, 0.2) is 12.2 Å². The van der Waals surface area contributed by atoms with E-state index in [1.165, 1.54) is 109 Å². The molecule has 0 saturated heterocycles. The molecular weight excluding hydrogens is 1280 g/mol. The largest absolute Gasteiger partial charge is 0.472 e. The van der Waals surface area contributed by atoms with Gasteiger partial charge >= 0.3 is 39.5 Å². The molecule has 3 N–H and O–H groups in total. The molecule has 0 spiro atoms. The lowest BCUT2D eigenvalue weighted by Crippen LogP contribution is -2.30. The summed E-state index contributed by atoms with van der Waals surface area (Å²) in [5.41, 5.74) is 0. The summed E-state index contributed by atoms with van der Waals surface area (Å²) >= 11 is 0. The Morgan fingerprint density at radius 1 is 0.296 bits per heavy atom. The maximum absolute atomic E-state index is 13.1. The van der Waals surface area contributed by atoms with E-state index in [1.54, 1.807) is 0 Å². The van der Waals surface area contributed by atoms with Gasteiger partial charge in [0.2, 0.25) is 0 Å². The molecule has 0 amide bonds. The topological polar surface area (TPSA) is 237 Å². The van der Waals surface area contributed by atoms with Gasteiger partial charge in [-0.3, -0.25) is 37.3 Å². The first-order valence-corrected chi connectivity index (χ1v) is 41.5. The van der Waals surface area contributed by atoms with Gasteiger partial charge in [-0.15, -0.1) is 0 Å². The molecular formula is C79H138O17P2. The zero-order chi connectivity index (χ0) is 71.8. The Bertz CT molecular complexity index is 2240. The Labute approximate surface area is 595 Å². The average Bonchev–Trinajstić information content (AvgIpc) is 0.982. The van der Waals surface area contributed by atoms with Gasteiger partial charge in [-0.1, -0.05) is 279 Å². The van der Waals surface area contributed by atoms with Gasteiger partial charge in [0.1, 0.15) is 19.3 Å². The molecule has 566 valence electrons. The molecule has 0 aliphatic carbocycles. The second-order valence-electron chi connectivity index (χ2n) is 25.6. The van der Waals surface area contributed by atoms with Crippen LogP contribution in [0.3, 0.4) is 0 Å². The highest BCUT2D eigenvalue weighted by molar-refractivity contribution is 7.47. The van der Waals surface area contributed by atoms with Gasteiger partial charge < -0.3 is 33.8 Å². The van der Waals surface area contributed by atoms with Crippen LogP contribution in [0.2, 0.25) is 0 Å². The quantitative estimate of drug-likeness (QED) is 0.0169. The molecule has 98 heavy (non-hydrogen) atoms. The Hall–Kier alpha value is -4.02. The van der Waals surface area contributed by atoms with Crippen LogP contribution < -0.4 is 0 Å². The fraction of sp³-hybridized carbons (Fsp3) is 0.747. The summed E-state index contributed by atoms with van der Waals surface area (Å²) in [6.07, 6.45) is 74.1.